The number of sulfonamides is 1. The minimum Gasteiger partial charge on any atom is -0.477 e. The highest BCUT2D eigenvalue weighted by atomic mass is 32.2. The molecule has 0 fully saturated rings. The Bertz CT molecular complexity index is 619. The Morgan fingerprint density at radius 2 is 1.90 bits per heavy atom. The lowest BCUT2D eigenvalue weighted by Crippen LogP contribution is -2.34. The van der Waals surface area contributed by atoms with Crippen LogP contribution in [0.1, 0.15) is 55.4 Å². The van der Waals surface area contributed by atoms with E-state index < -0.39 is 16.0 Å². The van der Waals surface area contributed by atoms with Crippen molar-refractivity contribution in [2.24, 2.45) is 5.92 Å². The van der Waals surface area contributed by atoms with Crippen LogP contribution in [0.2, 0.25) is 0 Å². The number of carbonyl (C=O) groups is 1. The van der Waals surface area contributed by atoms with Crippen molar-refractivity contribution in [2.75, 3.05) is 0 Å². The summed E-state index contributed by atoms with van der Waals surface area (Å²) in [5.74, 6) is -0.740. The number of rotatable bonds is 7. The maximum Gasteiger partial charge on any atom is 0.352 e. The van der Waals surface area contributed by atoms with E-state index >= 15 is 0 Å². The Kier molecular flexibility index (Phi) is 5.58. The van der Waals surface area contributed by atoms with Crippen LogP contribution in [0.5, 0.6) is 0 Å². The Labute approximate surface area is 126 Å². The number of carboxylic acid groups (broad SMARTS) is 1. The highest BCUT2D eigenvalue weighted by Gasteiger charge is 2.27. The van der Waals surface area contributed by atoms with Gasteiger partial charge in [-0.05, 0) is 33.1 Å². The monoisotopic (exact) mass is 316 g/mol. The summed E-state index contributed by atoms with van der Waals surface area (Å²) in [6.07, 6.45) is 1.72. The maximum atomic E-state index is 12.5. The van der Waals surface area contributed by atoms with E-state index in [1.165, 1.54) is 6.92 Å². The van der Waals surface area contributed by atoms with E-state index in [4.69, 9.17) is 5.11 Å². The number of aromatic nitrogens is 1. The molecule has 1 heterocycles. The molecule has 0 aliphatic carbocycles. The third-order valence-electron chi connectivity index (χ3n) is 3.66. The number of nitrogens with one attached hydrogen (secondary N) is 2. The van der Waals surface area contributed by atoms with Crippen LogP contribution in [0.4, 0.5) is 0 Å². The van der Waals surface area contributed by atoms with Crippen molar-refractivity contribution in [3.63, 3.8) is 0 Å². The van der Waals surface area contributed by atoms with Gasteiger partial charge in [-0.25, -0.2) is 17.9 Å². The van der Waals surface area contributed by atoms with E-state index in [-0.39, 0.29) is 22.2 Å². The predicted molar refractivity (Wildman–Crippen MR) is 81.1 cm³/mol. The van der Waals surface area contributed by atoms with Gasteiger partial charge < -0.3 is 10.1 Å². The second kappa shape index (κ2) is 6.62. The summed E-state index contributed by atoms with van der Waals surface area (Å²) in [7, 11) is -3.73. The van der Waals surface area contributed by atoms with Crippen LogP contribution in [0.25, 0.3) is 0 Å². The van der Waals surface area contributed by atoms with E-state index in [1.54, 1.807) is 6.92 Å². The lowest BCUT2D eigenvalue weighted by atomic mass is 10.0. The van der Waals surface area contributed by atoms with Crippen molar-refractivity contribution in [1.82, 2.24) is 9.71 Å². The molecular weight excluding hydrogens is 292 g/mol. The van der Waals surface area contributed by atoms with Crippen LogP contribution in [0.15, 0.2) is 4.90 Å². The highest BCUT2D eigenvalue weighted by molar-refractivity contribution is 7.89. The Morgan fingerprint density at radius 3 is 2.33 bits per heavy atom. The molecule has 0 radical (unpaired) electrons. The van der Waals surface area contributed by atoms with Crippen molar-refractivity contribution in [3.8, 4) is 0 Å². The molecule has 21 heavy (non-hydrogen) atoms. The van der Waals surface area contributed by atoms with Gasteiger partial charge in [0.1, 0.15) is 10.6 Å². The highest BCUT2D eigenvalue weighted by Crippen LogP contribution is 2.24. The maximum absolute atomic E-state index is 12.5. The molecule has 7 heteroatoms. The van der Waals surface area contributed by atoms with Gasteiger partial charge in [-0.2, -0.15) is 0 Å². The Balaban J connectivity index is 3.06. The molecule has 0 amide bonds. The topological polar surface area (TPSA) is 99.3 Å². The molecule has 0 saturated heterocycles. The number of aryl methyl sites for hydroxylation is 1. The third kappa shape index (κ3) is 4.07. The fraction of sp³-hybridized carbons (Fsp3) is 0.643. The van der Waals surface area contributed by atoms with Gasteiger partial charge in [-0.3, -0.25) is 0 Å². The average Bonchev–Trinajstić information content (AvgIpc) is 2.64. The Morgan fingerprint density at radius 1 is 1.33 bits per heavy atom. The van der Waals surface area contributed by atoms with E-state index in [9.17, 15) is 13.2 Å². The van der Waals surface area contributed by atoms with Crippen molar-refractivity contribution in [3.05, 3.63) is 17.0 Å². The molecule has 120 valence electrons. The van der Waals surface area contributed by atoms with Gasteiger partial charge in [-0.15, -0.1) is 0 Å². The number of aromatic carboxylic acids is 1. The first-order valence-electron chi connectivity index (χ1n) is 7.04. The van der Waals surface area contributed by atoms with Crippen molar-refractivity contribution in [1.29, 1.82) is 0 Å². The molecule has 0 aromatic carbocycles. The fourth-order valence-electron chi connectivity index (χ4n) is 2.49. The number of hydrogen-bond donors (Lipinski definition) is 3. The molecule has 3 N–H and O–H groups in total. The van der Waals surface area contributed by atoms with Crippen molar-refractivity contribution >= 4 is 16.0 Å². The summed E-state index contributed by atoms with van der Waals surface area (Å²) in [5, 5.41) is 9.06. The first kappa shape index (κ1) is 17.7. The smallest absolute Gasteiger partial charge is 0.352 e. The molecule has 0 spiro atoms. The van der Waals surface area contributed by atoms with Gasteiger partial charge in [-0.1, -0.05) is 20.3 Å². The number of hydrogen-bond acceptors (Lipinski definition) is 3. The van der Waals surface area contributed by atoms with Crippen LogP contribution in [-0.2, 0) is 10.0 Å². The zero-order valence-corrected chi connectivity index (χ0v) is 14.0. The van der Waals surface area contributed by atoms with Gasteiger partial charge in [0.15, 0.2) is 0 Å². The summed E-state index contributed by atoms with van der Waals surface area (Å²) in [4.78, 5) is 13.7. The molecule has 1 aromatic heterocycles. The fourth-order valence-corrected chi connectivity index (χ4v) is 4.19. The standard InChI is InChI=1S/C14H24N2O4S/c1-6-8(2)7-9(3)16-21(19,20)13-10(4)12(14(17)18)15-11(13)5/h8-9,15-16H,6-7H2,1-5H3,(H,17,18). The quantitative estimate of drug-likeness (QED) is 0.719. The SMILES string of the molecule is CCC(C)CC(C)NS(=O)(=O)c1c(C)[nH]c(C(=O)O)c1C. The predicted octanol–water partition coefficient (Wildman–Crippen LogP) is 2.43. The second-order valence-electron chi connectivity index (χ2n) is 5.66. The average molecular weight is 316 g/mol. The summed E-state index contributed by atoms with van der Waals surface area (Å²) >= 11 is 0. The molecule has 0 aliphatic rings. The van der Waals surface area contributed by atoms with Gasteiger partial charge in [0.05, 0.1) is 0 Å². The van der Waals surface area contributed by atoms with Crippen LogP contribution < -0.4 is 4.72 Å². The zero-order chi connectivity index (χ0) is 16.4. The van der Waals surface area contributed by atoms with E-state index in [2.05, 4.69) is 23.6 Å². The largest absolute Gasteiger partial charge is 0.477 e. The normalized spacial score (nSPS) is 14.9. The van der Waals surface area contributed by atoms with E-state index in [0.717, 1.165) is 12.8 Å². The van der Waals surface area contributed by atoms with Crippen LogP contribution >= 0.6 is 0 Å². The van der Waals surface area contributed by atoms with E-state index in [1.807, 2.05) is 6.92 Å². The van der Waals surface area contributed by atoms with Crippen molar-refractivity contribution in [2.45, 2.75) is 58.4 Å². The first-order valence-corrected chi connectivity index (χ1v) is 8.53. The van der Waals surface area contributed by atoms with Crippen LogP contribution in [-0.4, -0.2) is 30.5 Å². The van der Waals surface area contributed by atoms with Gasteiger partial charge in [0.25, 0.3) is 0 Å². The molecule has 2 unspecified atom stereocenters. The number of H-pyrrole nitrogens is 1. The summed E-state index contributed by atoms with van der Waals surface area (Å²) < 4.78 is 27.6. The lowest BCUT2D eigenvalue weighted by Gasteiger charge is -2.18. The summed E-state index contributed by atoms with van der Waals surface area (Å²) in [6, 6.07) is -0.202. The third-order valence-corrected chi connectivity index (χ3v) is 5.52. The van der Waals surface area contributed by atoms with E-state index in [0.29, 0.717) is 11.6 Å². The Hall–Kier alpha value is -1.34. The molecule has 6 nitrogen and oxygen atoms in total. The van der Waals surface area contributed by atoms with Crippen molar-refractivity contribution < 1.29 is 18.3 Å². The minimum absolute atomic E-state index is 0.0379. The lowest BCUT2D eigenvalue weighted by molar-refractivity contribution is 0.0690. The molecule has 1 rings (SSSR count). The number of aromatic amines is 1. The second-order valence-corrected chi connectivity index (χ2v) is 7.31. The molecule has 2 atom stereocenters. The summed E-state index contributed by atoms with van der Waals surface area (Å²) in [5.41, 5.74) is 0.499. The number of carboxylic acids is 1. The molecule has 0 saturated carbocycles. The van der Waals surface area contributed by atoms with Gasteiger partial charge >= 0.3 is 5.97 Å². The first-order chi connectivity index (χ1) is 9.60. The van der Waals surface area contributed by atoms with Crippen LogP contribution in [0.3, 0.4) is 0 Å². The molecular formula is C14H24N2O4S. The molecule has 1 aromatic rings. The molecule has 0 bridgehead atoms. The molecule has 0 aliphatic heterocycles. The summed E-state index contributed by atoms with van der Waals surface area (Å²) in [6.45, 7) is 9.01. The zero-order valence-electron chi connectivity index (χ0n) is 13.1. The van der Waals surface area contributed by atoms with Gasteiger partial charge in [0, 0.05) is 17.3 Å². The van der Waals surface area contributed by atoms with Crippen LogP contribution in [0, 0.1) is 19.8 Å². The van der Waals surface area contributed by atoms with Gasteiger partial charge in [0.2, 0.25) is 10.0 Å². The minimum atomic E-state index is -3.73.